The molecule has 2 aliphatic rings. The largest absolute Gasteiger partial charge is 0.365 e. The molecule has 2 aromatic heterocycles. The molecule has 0 spiro atoms. The van der Waals surface area contributed by atoms with Gasteiger partial charge in [0.2, 0.25) is 5.43 Å². The molecule has 1 aliphatic heterocycles. The molecule has 3 aromatic rings. The van der Waals surface area contributed by atoms with Gasteiger partial charge in [0.25, 0.3) is 5.56 Å². The van der Waals surface area contributed by atoms with Crippen LogP contribution in [0.4, 0.5) is 14.5 Å². The standard InChI is InChI=1S/C19H18F2N4O2/c20-12-7-11-16(15(21)17(12)24-6-4-9(22)8-24)25(10-1-2-10)13-3-5-23-19(27)14(13)18(11)26/h3,5,7,9-10H,1-2,4,6,8,22H2,(H,23,27). The maximum absolute atomic E-state index is 15.6. The Bertz CT molecular complexity index is 1210. The first-order valence-corrected chi connectivity index (χ1v) is 9.05. The van der Waals surface area contributed by atoms with Gasteiger partial charge in [-0.2, -0.15) is 0 Å². The number of halogens is 2. The molecule has 5 rings (SSSR count). The Hall–Kier alpha value is -2.74. The highest BCUT2D eigenvalue weighted by Crippen LogP contribution is 2.41. The molecular formula is C19H18F2N4O2. The third-order valence-corrected chi connectivity index (χ3v) is 5.53. The monoisotopic (exact) mass is 372 g/mol. The number of aromatic nitrogens is 2. The molecule has 1 aromatic carbocycles. The molecule has 6 nitrogen and oxygen atoms in total. The lowest BCUT2D eigenvalue weighted by atomic mass is 10.1. The summed E-state index contributed by atoms with van der Waals surface area (Å²) in [6.07, 6.45) is 3.73. The average Bonchev–Trinajstić information content (AvgIpc) is 3.37. The fraction of sp³-hybridized carbons (Fsp3) is 0.368. The minimum absolute atomic E-state index is 0.00829. The van der Waals surface area contributed by atoms with Crippen LogP contribution in [0.1, 0.15) is 25.3 Å². The molecule has 2 fully saturated rings. The van der Waals surface area contributed by atoms with Crippen LogP contribution >= 0.6 is 0 Å². The first-order chi connectivity index (χ1) is 13.0. The van der Waals surface area contributed by atoms with Crippen molar-refractivity contribution >= 4 is 27.5 Å². The zero-order valence-electron chi connectivity index (χ0n) is 14.5. The van der Waals surface area contributed by atoms with Crippen molar-refractivity contribution in [2.75, 3.05) is 18.0 Å². The van der Waals surface area contributed by atoms with E-state index in [0.29, 0.717) is 25.0 Å². The van der Waals surface area contributed by atoms with Gasteiger partial charge >= 0.3 is 0 Å². The summed E-state index contributed by atoms with van der Waals surface area (Å²) in [5.74, 6) is -1.56. The second kappa shape index (κ2) is 5.63. The Kier molecular flexibility index (Phi) is 3.42. The minimum atomic E-state index is -0.805. The second-order valence-electron chi connectivity index (χ2n) is 7.41. The molecule has 8 heteroatoms. The summed E-state index contributed by atoms with van der Waals surface area (Å²) in [6.45, 7) is 0.821. The van der Waals surface area contributed by atoms with Crippen LogP contribution in [0.25, 0.3) is 21.8 Å². The number of H-pyrrole nitrogens is 1. The lowest BCUT2D eigenvalue weighted by molar-refractivity contribution is 0.579. The van der Waals surface area contributed by atoms with Crippen molar-refractivity contribution in [3.63, 3.8) is 0 Å². The van der Waals surface area contributed by atoms with Crippen molar-refractivity contribution in [1.29, 1.82) is 0 Å². The maximum atomic E-state index is 15.6. The highest BCUT2D eigenvalue weighted by Gasteiger charge is 2.32. The lowest BCUT2D eigenvalue weighted by Gasteiger charge is -2.22. The molecule has 0 bridgehead atoms. The Morgan fingerprint density at radius 1 is 1.19 bits per heavy atom. The summed E-state index contributed by atoms with van der Waals surface area (Å²) < 4.78 is 32.1. The van der Waals surface area contributed by atoms with E-state index in [4.69, 9.17) is 5.73 Å². The van der Waals surface area contributed by atoms with Gasteiger partial charge in [-0.3, -0.25) is 9.59 Å². The van der Waals surface area contributed by atoms with Gasteiger partial charge in [-0.15, -0.1) is 0 Å². The van der Waals surface area contributed by atoms with Crippen molar-refractivity contribution in [2.45, 2.75) is 31.3 Å². The predicted molar refractivity (Wildman–Crippen MR) is 99.3 cm³/mol. The van der Waals surface area contributed by atoms with Crippen LogP contribution in [0.15, 0.2) is 27.9 Å². The number of nitrogens with one attached hydrogen (secondary N) is 1. The zero-order chi connectivity index (χ0) is 18.9. The van der Waals surface area contributed by atoms with Gasteiger partial charge in [-0.1, -0.05) is 0 Å². The molecule has 1 unspecified atom stereocenters. The van der Waals surface area contributed by atoms with Crippen LogP contribution in [-0.2, 0) is 0 Å². The van der Waals surface area contributed by atoms with Crippen LogP contribution in [0, 0.1) is 11.6 Å². The third kappa shape index (κ3) is 2.32. The van der Waals surface area contributed by atoms with Gasteiger partial charge < -0.3 is 20.2 Å². The minimum Gasteiger partial charge on any atom is -0.365 e. The fourth-order valence-corrected chi connectivity index (χ4v) is 4.14. The van der Waals surface area contributed by atoms with Gasteiger partial charge in [0.05, 0.1) is 16.4 Å². The van der Waals surface area contributed by atoms with Crippen molar-refractivity contribution in [3.8, 4) is 0 Å². The maximum Gasteiger partial charge on any atom is 0.261 e. The van der Waals surface area contributed by atoms with Crippen LogP contribution in [0.5, 0.6) is 0 Å². The first-order valence-electron chi connectivity index (χ1n) is 9.05. The van der Waals surface area contributed by atoms with Crippen LogP contribution in [-0.4, -0.2) is 28.7 Å². The second-order valence-corrected chi connectivity index (χ2v) is 7.41. The normalized spacial score (nSPS) is 20.1. The number of hydrogen-bond acceptors (Lipinski definition) is 4. The number of hydrogen-bond donors (Lipinski definition) is 2. The van der Waals surface area contributed by atoms with E-state index in [1.807, 2.05) is 0 Å². The number of anilines is 1. The number of fused-ring (bicyclic) bond motifs is 2. The molecule has 3 heterocycles. The Morgan fingerprint density at radius 3 is 2.63 bits per heavy atom. The van der Waals surface area contributed by atoms with E-state index in [1.54, 1.807) is 15.5 Å². The summed E-state index contributed by atoms with van der Waals surface area (Å²) >= 11 is 0. The van der Waals surface area contributed by atoms with Crippen molar-refractivity contribution in [3.05, 3.63) is 50.5 Å². The molecule has 27 heavy (non-hydrogen) atoms. The topological polar surface area (TPSA) is 84.1 Å². The van der Waals surface area contributed by atoms with E-state index in [2.05, 4.69) is 4.98 Å². The van der Waals surface area contributed by atoms with Crippen LogP contribution in [0.3, 0.4) is 0 Å². The highest BCUT2D eigenvalue weighted by atomic mass is 19.1. The van der Waals surface area contributed by atoms with E-state index >= 15 is 4.39 Å². The molecule has 1 saturated heterocycles. The Morgan fingerprint density at radius 2 is 1.96 bits per heavy atom. The van der Waals surface area contributed by atoms with E-state index in [0.717, 1.165) is 18.9 Å². The molecule has 1 aliphatic carbocycles. The Balaban J connectivity index is 1.94. The fourth-order valence-electron chi connectivity index (χ4n) is 4.14. The van der Waals surface area contributed by atoms with E-state index in [1.165, 1.54) is 6.20 Å². The van der Waals surface area contributed by atoms with Crippen molar-refractivity contribution in [1.82, 2.24) is 9.55 Å². The quantitative estimate of drug-likeness (QED) is 0.674. The van der Waals surface area contributed by atoms with E-state index in [-0.39, 0.29) is 34.1 Å². The number of rotatable bonds is 2. The Labute approximate surface area is 152 Å². The van der Waals surface area contributed by atoms with Gasteiger partial charge in [0.15, 0.2) is 5.82 Å². The lowest BCUT2D eigenvalue weighted by Crippen LogP contribution is -2.28. The summed E-state index contributed by atoms with van der Waals surface area (Å²) in [4.78, 5) is 29.2. The SMILES string of the molecule is NC1CCN(c2c(F)cc3c(=O)c4c(=O)[nH]ccc4n(C4CC4)c3c2F)C1. The third-order valence-electron chi connectivity index (χ3n) is 5.53. The van der Waals surface area contributed by atoms with Gasteiger partial charge in [-0.05, 0) is 31.4 Å². The molecule has 3 N–H and O–H groups in total. The molecule has 0 amide bonds. The zero-order valence-corrected chi connectivity index (χ0v) is 14.5. The van der Waals surface area contributed by atoms with E-state index < -0.39 is 22.6 Å². The molecule has 140 valence electrons. The predicted octanol–water partition coefficient (Wildman–Crippen LogP) is 1.99. The number of nitrogens with two attached hydrogens (primary N) is 1. The molecular weight excluding hydrogens is 354 g/mol. The number of benzene rings is 1. The van der Waals surface area contributed by atoms with Crippen LogP contribution < -0.4 is 21.6 Å². The molecule has 1 atom stereocenters. The van der Waals surface area contributed by atoms with Crippen molar-refractivity contribution < 1.29 is 8.78 Å². The first kappa shape index (κ1) is 16.4. The van der Waals surface area contributed by atoms with E-state index in [9.17, 15) is 14.0 Å². The smallest absolute Gasteiger partial charge is 0.261 e. The molecule has 1 saturated carbocycles. The number of pyridine rings is 2. The number of aromatic amines is 1. The summed E-state index contributed by atoms with van der Waals surface area (Å²) in [6, 6.07) is 2.51. The summed E-state index contributed by atoms with van der Waals surface area (Å²) in [7, 11) is 0. The molecule has 0 radical (unpaired) electrons. The van der Waals surface area contributed by atoms with Gasteiger partial charge in [0, 0.05) is 31.4 Å². The van der Waals surface area contributed by atoms with Crippen LogP contribution in [0.2, 0.25) is 0 Å². The average molecular weight is 372 g/mol. The van der Waals surface area contributed by atoms with Gasteiger partial charge in [-0.25, -0.2) is 8.78 Å². The van der Waals surface area contributed by atoms with Gasteiger partial charge in [0.1, 0.15) is 16.9 Å². The number of nitrogens with zero attached hydrogens (tertiary/aromatic N) is 2. The van der Waals surface area contributed by atoms with Crippen molar-refractivity contribution in [2.24, 2.45) is 5.73 Å². The highest BCUT2D eigenvalue weighted by molar-refractivity contribution is 5.95. The summed E-state index contributed by atoms with van der Waals surface area (Å²) in [5.41, 5.74) is 5.00. The summed E-state index contributed by atoms with van der Waals surface area (Å²) in [5, 5.41) is -0.167.